The topological polar surface area (TPSA) is 75.4 Å². The SMILES string of the molecule is CC1(C)C[C@@H]2C[C@@H](C[C@@H](N3[C@@H]4CCC[C@H]3C[C@@H](n3c(=O)c(C(=O)O)nc5ccccc53)C4)C2)C1. The number of rotatable bonds is 3. The van der Waals surface area contributed by atoms with Crippen LogP contribution >= 0.6 is 0 Å². The van der Waals surface area contributed by atoms with Crippen molar-refractivity contribution in [3.05, 3.63) is 40.3 Å². The summed E-state index contributed by atoms with van der Waals surface area (Å²) < 4.78 is 1.78. The lowest BCUT2D eigenvalue weighted by Gasteiger charge is -2.56. The predicted molar refractivity (Wildman–Crippen MR) is 132 cm³/mol. The van der Waals surface area contributed by atoms with Gasteiger partial charge in [-0.2, -0.15) is 0 Å². The van der Waals surface area contributed by atoms with Crippen molar-refractivity contribution in [3.63, 3.8) is 0 Å². The molecule has 4 bridgehead atoms. The van der Waals surface area contributed by atoms with Crippen LogP contribution in [0, 0.1) is 17.3 Å². The van der Waals surface area contributed by atoms with Crippen LogP contribution in [-0.2, 0) is 0 Å². The normalized spacial score (nSPS) is 35.2. The van der Waals surface area contributed by atoms with Crippen LogP contribution in [0.5, 0.6) is 0 Å². The summed E-state index contributed by atoms with van der Waals surface area (Å²) in [7, 11) is 0. The minimum Gasteiger partial charge on any atom is -0.476 e. The van der Waals surface area contributed by atoms with Crippen LogP contribution in [0.4, 0.5) is 0 Å². The summed E-state index contributed by atoms with van der Waals surface area (Å²) in [4.78, 5) is 32.2. The van der Waals surface area contributed by atoms with E-state index in [0.29, 0.717) is 29.1 Å². The van der Waals surface area contributed by atoms with E-state index in [9.17, 15) is 14.7 Å². The molecule has 6 nitrogen and oxygen atoms in total. The molecule has 6 atom stereocenters. The number of piperidine rings is 2. The molecule has 182 valence electrons. The lowest BCUT2D eigenvalue weighted by Crippen LogP contribution is -2.59. The van der Waals surface area contributed by atoms with Gasteiger partial charge in [0.25, 0.3) is 5.56 Å². The van der Waals surface area contributed by atoms with Crippen LogP contribution < -0.4 is 5.56 Å². The Morgan fingerprint density at radius 2 is 1.59 bits per heavy atom. The second-order valence-electron chi connectivity index (χ2n) is 12.4. The largest absolute Gasteiger partial charge is 0.476 e. The van der Waals surface area contributed by atoms with Gasteiger partial charge in [0.1, 0.15) is 0 Å². The Kier molecular flexibility index (Phi) is 5.36. The summed E-state index contributed by atoms with van der Waals surface area (Å²) in [5.74, 6) is 0.477. The first-order valence-electron chi connectivity index (χ1n) is 13.3. The zero-order chi connectivity index (χ0) is 23.6. The zero-order valence-electron chi connectivity index (χ0n) is 20.4. The molecule has 3 heterocycles. The summed E-state index contributed by atoms with van der Waals surface area (Å²) in [6.45, 7) is 4.91. The lowest BCUT2D eigenvalue weighted by molar-refractivity contribution is -0.0599. The molecule has 2 aromatic rings. The van der Waals surface area contributed by atoms with Crippen LogP contribution in [-0.4, -0.2) is 43.7 Å². The Bertz CT molecular complexity index is 1140. The highest BCUT2D eigenvalue weighted by atomic mass is 16.4. The number of carbonyl (C=O) groups is 1. The first-order chi connectivity index (χ1) is 16.3. The van der Waals surface area contributed by atoms with Gasteiger partial charge in [0.15, 0.2) is 0 Å². The van der Waals surface area contributed by atoms with Gasteiger partial charge in [-0.1, -0.05) is 32.4 Å². The van der Waals surface area contributed by atoms with E-state index in [-0.39, 0.29) is 11.7 Å². The van der Waals surface area contributed by atoms with E-state index in [0.717, 1.165) is 30.2 Å². The molecule has 1 aromatic heterocycles. The van der Waals surface area contributed by atoms with Gasteiger partial charge in [-0.05, 0) is 87.2 Å². The van der Waals surface area contributed by atoms with Crippen LogP contribution in [0.3, 0.4) is 0 Å². The summed E-state index contributed by atoms with van der Waals surface area (Å²) in [5.41, 5.74) is 1.05. The number of carboxylic acids is 1. The number of fused-ring (bicyclic) bond motifs is 5. The molecule has 0 amide bonds. The van der Waals surface area contributed by atoms with E-state index in [1.54, 1.807) is 4.57 Å². The molecule has 34 heavy (non-hydrogen) atoms. The molecule has 6 heteroatoms. The molecular weight excluding hydrogens is 426 g/mol. The highest BCUT2D eigenvalue weighted by molar-refractivity contribution is 5.88. The number of carboxylic acid groups (broad SMARTS) is 1. The van der Waals surface area contributed by atoms with E-state index in [2.05, 4.69) is 23.7 Å². The van der Waals surface area contributed by atoms with Gasteiger partial charge in [-0.25, -0.2) is 9.78 Å². The van der Waals surface area contributed by atoms with Gasteiger partial charge >= 0.3 is 5.97 Å². The lowest BCUT2D eigenvalue weighted by atomic mass is 9.60. The summed E-state index contributed by atoms with van der Waals surface area (Å²) >= 11 is 0. The molecule has 1 N–H and O–H groups in total. The standard InChI is InChI=1S/C28H37N3O3/c1-28(2)15-17-10-18(16-28)12-21(11-17)30-19-6-5-7-20(30)14-22(13-19)31-24-9-4-3-8-23(24)29-25(26(31)32)27(33)34/h3-4,8-9,17-22H,5-7,10-16H2,1-2H3,(H,33,34)/t17-,18+,19-,20+,21+,22+. The van der Waals surface area contributed by atoms with E-state index < -0.39 is 11.5 Å². The third-order valence-corrected chi connectivity index (χ3v) is 9.35. The van der Waals surface area contributed by atoms with Crippen molar-refractivity contribution < 1.29 is 9.90 Å². The highest BCUT2D eigenvalue weighted by Crippen LogP contribution is 2.51. The molecular formula is C28H37N3O3. The number of benzene rings is 1. The quantitative estimate of drug-likeness (QED) is 0.672. The average Bonchev–Trinajstić information content (AvgIpc) is 2.76. The molecule has 2 saturated carbocycles. The monoisotopic (exact) mass is 463 g/mol. The fourth-order valence-corrected chi connectivity index (χ4v) is 8.60. The van der Waals surface area contributed by atoms with Gasteiger partial charge in [-0.15, -0.1) is 0 Å². The van der Waals surface area contributed by atoms with E-state index >= 15 is 0 Å². The molecule has 0 radical (unpaired) electrons. The highest BCUT2D eigenvalue weighted by Gasteiger charge is 2.47. The van der Waals surface area contributed by atoms with Crippen LogP contribution in [0.1, 0.15) is 94.6 Å². The summed E-state index contributed by atoms with van der Waals surface area (Å²) in [6.07, 6.45) is 12.3. The summed E-state index contributed by atoms with van der Waals surface area (Å²) in [6, 6.07) is 9.19. The molecule has 4 aliphatic rings. The van der Waals surface area contributed by atoms with Crippen LogP contribution in [0.2, 0.25) is 0 Å². The Labute approximate surface area is 201 Å². The second-order valence-corrected chi connectivity index (χ2v) is 12.4. The van der Waals surface area contributed by atoms with Crippen molar-refractivity contribution in [1.29, 1.82) is 0 Å². The van der Waals surface area contributed by atoms with Gasteiger partial charge < -0.3 is 9.67 Å². The van der Waals surface area contributed by atoms with E-state index in [1.807, 2.05) is 24.3 Å². The number of aromatic nitrogens is 2. The van der Waals surface area contributed by atoms with E-state index in [4.69, 9.17) is 0 Å². The fraction of sp³-hybridized carbons (Fsp3) is 0.679. The van der Waals surface area contributed by atoms with Crippen LogP contribution in [0.25, 0.3) is 11.0 Å². The molecule has 4 fully saturated rings. The van der Waals surface area contributed by atoms with Crippen LogP contribution in [0.15, 0.2) is 29.1 Å². The van der Waals surface area contributed by atoms with Crippen molar-refractivity contribution in [1.82, 2.24) is 14.5 Å². The third kappa shape index (κ3) is 3.78. The Balaban J connectivity index is 1.32. The van der Waals surface area contributed by atoms with Crippen molar-refractivity contribution in [2.75, 3.05) is 0 Å². The van der Waals surface area contributed by atoms with E-state index in [1.165, 1.54) is 51.4 Å². The first kappa shape index (κ1) is 22.3. The van der Waals surface area contributed by atoms with Gasteiger partial charge in [0.05, 0.1) is 11.0 Å². The minimum absolute atomic E-state index is 0.0343. The first-order valence-corrected chi connectivity index (χ1v) is 13.3. The Morgan fingerprint density at radius 3 is 2.24 bits per heavy atom. The Hall–Kier alpha value is -2.21. The second kappa shape index (κ2) is 8.18. The number of aromatic carboxylic acids is 1. The number of para-hydroxylation sites is 2. The summed E-state index contributed by atoms with van der Waals surface area (Å²) in [5, 5.41) is 9.65. The molecule has 2 saturated heterocycles. The van der Waals surface area contributed by atoms with Crippen molar-refractivity contribution in [2.24, 2.45) is 17.3 Å². The van der Waals surface area contributed by atoms with Gasteiger partial charge in [-0.3, -0.25) is 9.69 Å². The minimum atomic E-state index is -1.24. The molecule has 0 unspecified atom stereocenters. The zero-order valence-corrected chi connectivity index (χ0v) is 20.4. The number of nitrogens with zero attached hydrogens (tertiary/aromatic N) is 3. The third-order valence-electron chi connectivity index (χ3n) is 9.35. The van der Waals surface area contributed by atoms with Crippen molar-refractivity contribution >= 4 is 17.0 Å². The maximum Gasteiger partial charge on any atom is 0.360 e. The number of hydrogen-bond donors (Lipinski definition) is 1. The fourth-order valence-electron chi connectivity index (χ4n) is 8.60. The molecule has 2 aliphatic carbocycles. The maximum atomic E-state index is 13.3. The molecule has 2 aliphatic heterocycles. The van der Waals surface area contributed by atoms with Gasteiger partial charge in [0.2, 0.25) is 5.69 Å². The number of hydrogen-bond acceptors (Lipinski definition) is 4. The predicted octanol–water partition coefficient (Wildman–Crippen LogP) is 5.26. The molecule has 0 spiro atoms. The average molecular weight is 464 g/mol. The van der Waals surface area contributed by atoms with Gasteiger partial charge in [0, 0.05) is 24.2 Å². The Morgan fingerprint density at radius 1 is 0.941 bits per heavy atom. The molecule has 6 rings (SSSR count). The smallest absolute Gasteiger partial charge is 0.360 e. The van der Waals surface area contributed by atoms with Crippen molar-refractivity contribution in [3.8, 4) is 0 Å². The molecule has 1 aromatic carbocycles. The van der Waals surface area contributed by atoms with Crippen molar-refractivity contribution in [2.45, 2.75) is 102 Å². The maximum absolute atomic E-state index is 13.3.